The molecule has 0 bridgehead atoms. The summed E-state index contributed by atoms with van der Waals surface area (Å²) in [4.78, 5) is 8.60. The number of benzene rings is 1. The van der Waals surface area contributed by atoms with Crippen molar-refractivity contribution in [3.63, 3.8) is 0 Å². The number of nitrogens with one attached hydrogen (secondary N) is 1. The predicted octanol–water partition coefficient (Wildman–Crippen LogP) is 5.81. The maximum atomic E-state index is 13.3. The third-order valence-electron chi connectivity index (χ3n) is 4.92. The Labute approximate surface area is 159 Å². The van der Waals surface area contributed by atoms with Gasteiger partial charge in [0.05, 0.1) is 16.8 Å². The normalized spacial score (nSPS) is 16.0. The number of halogens is 4. The highest BCUT2D eigenvalue weighted by Gasteiger charge is 2.34. The Morgan fingerprint density at radius 3 is 2.67 bits per heavy atom. The third-order valence-corrected chi connectivity index (χ3v) is 5.25. The predicted molar refractivity (Wildman–Crippen MR) is 98.9 cm³/mol. The number of hydrogen-bond acceptors (Lipinski definition) is 3. The van der Waals surface area contributed by atoms with Gasteiger partial charge in [-0.15, -0.1) is 0 Å². The van der Waals surface area contributed by atoms with E-state index in [-0.39, 0.29) is 11.1 Å². The molecular weight excluding hydrogens is 377 g/mol. The molecule has 0 spiro atoms. The summed E-state index contributed by atoms with van der Waals surface area (Å²) in [5.41, 5.74) is 0.555. The van der Waals surface area contributed by atoms with E-state index in [2.05, 4.69) is 15.3 Å². The van der Waals surface area contributed by atoms with E-state index in [9.17, 15) is 13.2 Å². The summed E-state index contributed by atoms with van der Waals surface area (Å²) < 4.78 is 41.7. The van der Waals surface area contributed by atoms with E-state index in [1.54, 1.807) is 24.7 Å². The molecule has 0 amide bonds. The first-order valence-corrected chi connectivity index (χ1v) is 9.27. The van der Waals surface area contributed by atoms with Crippen LogP contribution in [0.2, 0.25) is 5.02 Å². The number of alkyl halides is 3. The van der Waals surface area contributed by atoms with Crippen LogP contribution in [0, 0.1) is 0 Å². The van der Waals surface area contributed by atoms with Gasteiger partial charge in [-0.05, 0) is 25.0 Å². The van der Waals surface area contributed by atoms with E-state index < -0.39 is 11.7 Å². The largest absolute Gasteiger partial charge is 0.417 e. The van der Waals surface area contributed by atoms with Gasteiger partial charge in [0.1, 0.15) is 11.5 Å². The first-order valence-electron chi connectivity index (χ1n) is 8.89. The molecule has 4 rings (SSSR count). The number of rotatable bonds is 3. The Balaban J connectivity index is 1.82. The lowest BCUT2D eigenvalue weighted by molar-refractivity contribution is -0.137. The van der Waals surface area contributed by atoms with Gasteiger partial charge in [-0.25, -0.2) is 4.98 Å². The van der Waals surface area contributed by atoms with Crippen molar-refractivity contribution in [1.29, 1.82) is 0 Å². The van der Waals surface area contributed by atoms with E-state index in [0.29, 0.717) is 22.7 Å². The maximum absolute atomic E-state index is 13.3. The average Bonchev–Trinajstić information content (AvgIpc) is 3.01. The molecule has 1 aliphatic rings. The lowest BCUT2D eigenvalue weighted by Gasteiger charge is -2.24. The summed E-state index contributed by atoms with van der Waals surface area (Å²) in [6.07, 6.45) is 6.04. The van der Waals surface area contributed by atoms with Crippen molar-refractivity contribution >= 4 is 23.1 Å². The van der Waals surface area contributed by atoms with Gasteiger partial charge in [-0.2, -0.15) is 13.2 Å². The molecule has 0 radical (unpaired) electrons. The topological polar surface area (TPSA) is 42.2 Å². The molecule has 142 valence electrons. The molecule has 4 nitrogen and oxygen atoms in total. The number of nitrogens with zero attached hydrogens (tertiary/aromatic N) is 3. The minimum Gasteiger partial charge on any atom is -0.367 e. The zero-order valence-electron chi connectivity index (χ0n) is 14.4. The lowest BCUT2D eigenvalue weighted by Crippen LogP contribution is -2.23. The minimum absolute atomic E-state index is 0.278. The highest BCUT2D eigenvalue weighted by atomic mass is 35.5. The molecule has 0 atom stereocenters. The lowest BCUT2D eigenvalue weighted by atomic mass is 9.95. The Kier molecular flexibility index (Phi) is 4.72. The SMILES string of the molecule is FC(F)(F)c1cc(-c2nc3cnccn3c2NC2CCCCC2)ccc1Cl. The summed E-state index contributed by atoms with van der Waals surface area (Å²) in [6, 6.07) is 4.18. The average molecular weight is 395 g/mol. The standard InChI is InChI=1S/C19H18ClF3N4/c20-15-7-6-12(10-14(15)19(21,22)23)17-18(25-13-4-2-1-3-5-13)27-9-8-24-11-16(27)26-17/h6-11,13,25H,1-5H2. The van der Waals surface area contributed by atoms with Crippen molar-refractivity contribution in [2.45, 2.75) is 44.3 Å². The van der Waals surface area contributed by atoms with Crippen LogP contribution < -0.4 is 5.32 Å². The second kappa shape index (κ2) is 7.03. The third kappa shape index (κ3) is 3.60. The summed E-state index contributed by atoms with van der Waals surface area (Å²) in [7, 11) is 0. The van der Waals surface area contributed by atoms with Crippen LogP contribution in [0.4, 0.5) is 19.0 Å². The van der Waals surface area contributed by atoms with Crippen LogP contribution in [0.1, 0.15) is 37.7 Å². The molecular formula is C19H18ClF3N4. The van der Waals surface area contributed by atoms with Crippen molar-refractivity contribution in [1.82, 2.24) is 14.4 Å². The quantitative estimate of drug-likeness (QED) is 0.609. The second-order valence-electron chi connectivity index (χ2n) is 6.79. The molecule has 27 heavy (non-hydrogen) atoms. The number of aromatic nitrogens is 3. The smallest absolute Gasteiger partial charge is 0.367 e. The molecule has 1 fully saturated rings. The van der Waals surface area contributed by atoms with Gasteiger partial charge >= 0.3 is 6.18 Å². The zero-order chi connectivity index (χ0) is 19.0. The highest BCUT2D eigenvalue weighted by molar-refractivity contribution is 6.31. The van der Waals surface area contributed by atoms with Gasteiger partial charge in [0, 0.05) is 24.0 Å². The molecule has 1 aromatic carbocycles. The minimum atomic E-state index is -4.52. The zero-order valence-corrected chi connectivity index (χ0v) is 15.2. The van der Waals surface area contributed by atoms with E-state index in [1.807, 2.05) is 4.40 Å². The van der Waals surface area contributed by atoms with Crippen LogP contribution >= 0.6 is 11.6 Å². The molecule has 1 saturated carbocycles. The number of imidazole rings is 1. The fourth-order valence-corrected chi connectivity index (χ4v) is 3.80. The summed E-state index contributed by atoms with van der Waals surface area (Å²) >= 11 is 5.77. The Hall–Kier alpha value is -2.28. The summed E-state index contributed by atoms with van der Waals surface area (Å²) in [5, 5.41) is 3.18. The summed E-state index contributed by atoms with van der Waals surface area (Å²) in [6.45, 7) is 0. The molecule has 0 saturated heterocycles. The van der Waals surface area contributed by atoms with Crippen molar-refractivity contribution in [3.05, 3.63) is 47.4 Å². The Morgan fingerprint density at radius 1 is 1.15 bits per heavy atom. The molecule has 2 aromatic heterocycles. The fourth-order valence-electron chi connectivity index (χ4n) is 3.58. The Bertz CT molecular complexity index is 961. The molecule has 2 heterocycles. The highest BCUT2D eigenvalue weighted by Crippen LogP contribution is 2.39. The number of hydrogen-bond donors (Lipinski definition) is 1. The van der Waals surface area contributed by atoms with Crippen LogP contribution in [0.5, 0.6) is 0 Å². The van der Waals surface area contributed by atoms with Gasteiger partial charge in [-0.1, -0.05) is 36.9 Å². The first-order chi connectivity index (χ1) is 12.9. The van der Waals surface area contributed by atoms with Crippen LogP contribution in [0.15, 0.2) is 36.8 Å². The molecule has 1 aliphatic carbocycles. The van der Waals surface area contributed by atoms with Crippen molar-refractivity contribution < 1.29 is 13.2 Å². The Morgan fingerprint density at radius 2 is 1.93 bits per heavy atom. The van der Waals surface area contributed by atoms with E-state index in [4.69, 9.17) is 11.6 Å². The van der Waals surface area contributed by atoms with Gasteiger partial charge in [-0.3, -0.25) is 9.38 Å². The van der Waals surface area contributed by atoms with E-state index in [0.717, 1.165) is 31.7 Å². The maximum Gasteiger partial charge on any atom is 0.417 e. The van der Waals surface area contributed by atoms with Crippen LogP contribution in [0.3, 0.4) is 0 Å². The number of anilines is 1. The first kappa shape index (κ1) is 18.1. The van der Waals surface area contributed by atoms with Gasteiger partial charge < -0.3 is 5.32 Å². The van der Waals surface area contributed by atoms with E-state index >= 15 is 0 Å². The van der Waals surface area contributed by atoms with Gasteiger partial charge in [0.15, 0.2) is 5.65 Å². The van der Waals surface area contributed by atoms with Crippen molar-refractivity contribution in [2.24, 2.45) is 0 Å². The van der Waals surface area contributed by atoms with Gasteiger partial charge in [0.2, 0.25) is 0 Å². The van der Waals surface area contributed by atoms with Crippen LogP contribution in [-0.4, -0.2) is 20.4 Å². The van der Waals surface area contributed by atoms with Crippen LogP contribution in [0.25, 0.3) is 16.9 Å². The number of fused-ring (bicyclic) bond motifs is 1. The molecule has 1 N–H and O–H groups in total. The second-order valence-corrected chi connectivity index (χ2v) is 7.19. The monoisotopic (exact) mass is 394 g/mol. The fraction of sp³-hybridized carbons (Fsp3) is 0.368. The van der Waals surface area contributed by atoms with Crippen LogP contribution in [-0.2, 0) is 6.18 Å². The van der Waals surface area contributed by atoms with Crippen molar-refractivity contribution in [2.75, 3.05) is 5.32 Å². The molecule has 0 aliphatic heterocycles. The molecule has 0 unspecified atom stereocenters. The van der Waals surface area contributed by atoms with E-state index in [1.165, 1.54) is 12.5 Å². The summed E-state index contributed by atoms with van der Waals surface area (Å²) in [5.74, 6) is 0.690. The molecule has 8 heteroatoms. The van der Waals surface area contributed by atoms with Gasteiger partial charge in [0.25, 0.3) is 0 Å². The van der Waals surface area contributed by atoms with Crippen molar-refractivity contribution in [3.8, 4) is 11.3 Å². The molecule has 3 aromatic rings.